The van der Waals surface area contributed by atoms with E-state index in [1.54, 1.807) is 23.7 Å². The van der Waals surface area contributed by atoms with Gasteiger partial charge in [0.05, 0.1) is 20.7 Å². The third kappa shape index (κ3) is 2.73. The molecule has 0 spiro atoms. The van der Waals surface area contributed by atoms with Crippen LogP contribution in [0.25, 0.3) is 10.2 Å². The fraction of sp³-hybridized carbons (Fsp3) is 0. The Kier molecular flexibility index (Phi) is 3.58. The maximum absolute atomic E-state index is 12.1. The van der Waals surface area contributed by atoms with Gasteiger partial charge in [-0.05, 0) is 18.2 Å². The van der Waals surface area contributed by atoms with E-state index in [0.717, 1.165) is 21.6 Å². The van der Waals surface area contributed by atoms with E-state index in [-0.39, 0.29) is 14.9 Å². The summed E-state index contributed by atoms with van der Waals surface area (Å²) in [6.07, 6.45) is 0. The fourth-order valence-electron chi connectivity index (χ4n) is 1.72. The lowest BCUT2D eigenvalue weighted by Crippen LogP contribution is -2.09. The molecule has 0 aliphatic carbocycles. The summed E-state index contributed by atoms with van der Waals surface area (Å²) in [7, 11) is 0. The Balaban J connectivity index is 1.85. The molecular formula is C12H6ClN3O3S2. The van der Waals surface area contributed by atoms with E-state index in [1.807, 2.05) is 0 Å². The number of rotatable bonds is 3. The van der Waals surface area contributed by atoms with Crippen molar-refractivity contribution in [1.29, 1.82) is 0 Å². The number of carbonyl (C=O) groups excluding carboxylic acids is 1. The minimum atomic E-state index is -0.612. The second kappa shape index (κ2) is 5.40. The van der Waals surface area contributed by atoms with Crippen LogP contribution in [0.3, 0.4) is 0 Å². The molecule has 0 aliphatic heterocycles. The van der Waals surface area contributed by atoms with Crippen molar-refractivity contribution >= 4 is 61.8 Å². The van der Waals surface area contributed by atoms with Gasteiger partial charge in [0.2, 0.25) is 0 Å². The number of nitro groups is 1. The van der Waals surface area contributed by atoms with Crippen LogP contribution in [0.15, 0.2) is 29.8 Å². The van der Waals surface area contributed by atoms with Crippen LogP contribution in [-0.2, 0) is 0 Å². The Labute approximate surface area is 131 Å². The highest BCUT2D eigenvalue weighted by atomic mass is 35.5. The quantitative estimate of drug-likeness (QED) is 0.573. The topological polar surface area (TPSA) is 85.1 Å². The zero-order valence-corrected chi connectivity index (χ0v) is 12.6. The lowest BCUT2D eigenvalue weighted by atomic mass is 10.3. The van der Waals surface area contributed by atoms with Gasteiger partial charge in [0.25, 0.3) is 11.6 Å². The first-order chi connectivity index (χ1) is 10.0. The summed E-state index contributed by atoms with van der Waals surface area (Å²) in [4.78, 5) is 26.5. The van der Waals surface area contributed by atoms with Gasteiger partial charge in [0.1, 0.15) is 4.88 Å². The van der Waals surface area contributed by atoms with Gasteiger partial charge in [0, 0.05) is 11.8 Å². The highest BCUT2D eigenvalue weighted by Gasteiger charge is 2.21. The van der Waals surface area contributed by atoms with Crippen molar-refractivity contribution in [2.45, 2.75) is 0 Å². The first-order valence-corrected chi connectivity index (χ1v) is 7.70. The highest BCUT2D eigenvalue weighted by molar-refractivity contribution is 7.18. The van der Waals surface area contributed by atoms with Gasteiger partial charge in [-0.15, -0.1) is 22.7 Å². The molecule has 1 aromatic carbocycles. The lowest BCUT2D eigenvalue weighted by Gasteiger charge is -2.02. The molecule has 3 rings (SSSR count). The number of thiazole rings is 1. The van der Waals surface area contributed by atoms with Gasteiger partial charge in [0.15, 0.2) is 4.34 Å². The number of benzene rings is 1. The summed E-state index contributed by atoms with van der Waals surface area (Å²) in [5, 5.41) is 13.4. The molecule has 0 saturated carbocycles. The minimum absolute atomic E-state index is 0.0111. The number of halogens is 1. The average molecular weight is 340 g/mol. The number of carbonyl (C=O) groups is 1. The molecule has 21 heavy (non-hydrogen) atoms. The maximum Gasteiger partial charge on any atom is 0.299 e. The summed E-state index contributed by atoms with van der Waals surface area (Å²) >= 11 is 8.08. The molecular weight excluding hydrogens is 334 g/mol. The number of anilines is 1. The molecule has 3 aromatic rings. The number of hydrogen-bond donors (Lipinski definition) is 1. The molecule has 0 aliphatic rings. The molecule has 0 saturated heterocycles. The van der Waals surface area contributed by atoms with E-state index >= 15 is 0 Å². The first-order valence-electron chi connectivity index (χ1n) is 5.63. The number of hydrogen-bond acceptors (Lipinski definition) is 6. The van der Waals surface area contributed by atoms with Crippen LogP contribution in [0.1, 0.15) is 9.67 Å². The van der Waals surface area contributed by atoms with E-state index in [1.165, 1.54) is 17.4 Å². The Hall–Kier alpha value is -2.03. The lowest BCUT2D eigenvalue weighted by molar-refractivity contribution is -0.384. The van der Waals surface area contributed by atoms with Crippen LogP contribution in [0.2, 0.25) is 4.34 Å². The minimum Gasteiger partial charge on any atom is -0.321 e. The van der Waals surface area contributed by atoms with Crippen molar-refractivity contribution in [2.24, 2.45) is 0 Å². The van der Waals surface area contributed by atoms with Crippen molar-refractivity contribution in [3.63, 3.8) is 0 Å². The zero-order chi connectivity index (χ0) is 15.0. The molecule has 2 heterocycles. The van der Waals surface area contributed by atoms with Gasteiger partial charge < -0.3 is 5.32 Å². The normalized spacial score (nSPS) is 10.7. The molecule has 0 bridgehead atoms. The van der Waals surface area contributed by atoms with Crippen molar-refractivity contribution in [3.8, 4) is 0 Å². The fourth-order valence-corrected chi connectivity index (χ4v) is 3.56. The summed E-state index contributed by atoms with van der Waals surface area (Å²) in [5.74, 6) is -0.432. The Morgan fingerprint density at radius 3 is 2.90 bits per heavy atom. The van der Waals surface area contributed by atoms with Crippen LogP contribution in [-0.4, -0.2) is 15.8 Å². The molecule has 1 N–H and O–H groups in total. The summed E-state index contributed by atoms with van der Waals surface area (Å²) < 4.78 is 0.936. The van der Waals surface area contributed by atoms with Crippen molar-refractivity contribution in [1.82, 2.24) is 4.98 Å². The third-order valence-corrected chi connectivity index (χ3v) is 4.81. The predicted octanol–water partition coefficient (Wildman–Crippen LogP) is 4.17. The zero-order valence-electron chi connectivity index (χ0n) is 10.2. The molecule has 0 unspecified atom stereocenters. The Bertz CT molecular complexity index is 858. The maximum atomic E-state index is 12.1. The van der Waals surface area contributed by atoms with E-state index < -0.39 is 10.8 Å². The number of thiophene rings is 1. The van der Waals surface area contributed by atoms with Gasteiger partial charge in [-0.25, -0.2) is 4.98 Å². The van der Waals surface area contributed by atoms with E-state index in [4.69, 9.17) is 11.6 Å². The molecule has 0 atom stereocenters. The molecule has 6 nitrogen and oxygen atoms in total. The number of nitrogens with zero attached hydrogens (tertiary/aromatic N) is 2. The van der Waals surface area contributed by atoms with Gasteiger partial charge in [-0.1, -0.05) is 11.6 Å². The molecule has 0 fully saturated rings. The van der Waals surface area contributed by atoms with Crippen molar-refractivity contribution < 1.29 is 9.72 Å². The molecule has 1 amide bonds. The SMILES string of the molecule is O=C(Nc1ccc2ncsc2c1)c1cc([N+](=O)[O-])c(Cl)s1. The molecule has 9 heteroatoms. The molecule has 106 valence electrons. The van der Waals surface area contributed by atoms with Crippen molar-refractivity contribution in [2.75, 3.05) is 5.32 Å². The standard InChI is InChI=1S/C12H6ClN3O3S2/c13-11-8(16(18)19)4-10(21-11)12(17)15-6-1-2-7-9(3-6)20-5-14-7/h1-5H,(H,15,17). The van der Waals surface area contributed by atoms with Crippen LogP contribution >= 0.6 is 34.3 Å². The highest BCUT2D eigenvalue weighted by Crippen LogP contribution is 2.34. The van der Waals surface area contributed by atoms with Crippen LogP contribution in [0.5, 0.6) is 0 Å². The van der Waals surface area contributed by atoms with Crippen LogP contribution in [0, 0.1) is 10.1 Å². The smallest absolute Gasteiger partial charge is 0.299 e. The number of fused-ring (bicyclic) bond motifs is 1. The average Bonchev–Trinajstić information content (AvgIpc) is 3.04. The summed E-state index contributed by atoms with van der Waals surface area (Å²) in [6.45, 7) is 0. The Morgan fingerprint density at radius 1 is 1.38 bits per heavy atom. The molecule has 0 radical (unpaired) electrons. The largest absolute Gasteiger partial charge is 0.321 e. The monoisotopic (exact) mass is 339 g/mol. The second-order valence-corrected chi connectivity index (χ2v) is 6.56. The van der Waals surface area contributed by atoms with Gasteiger partial charge in [-0.3, -0.25) is 14.9 Å². The van der Waals surface area contributed by atoms with Crippen LogP contribution < -0.4 is 5.32 Å². The summed E-state index contributed by atoms with van der Waals surface area (Å²) in [5.41, 5.74) is 2.92. The molecule has 2 aromatic heterocycles. The first kappa shape index (κ1) is 13.9. The van der Waals surface area contributed by atoms with E-state index in [0.29, 0.717) is 5.69 Å². The second-order valence-electron chi connectivity index (χ2n) is 4.02. The number of nitrogens with one attached hydrogen (secondary N) is 1. The Morgan fingerprint density at radius 2 is 2.19 bits per heavy atom. The third-order valence-electron chi connectivity index (χ3n) is 2.68. The summed E-state index contributed by atoms with van der Waals surface area (Å²) in [6, 6.07) is 6.50. The van der Waals surface area contributed by atoms with Crippen LogP contribution in [0.4, 0.5) is 11.4 Å². The van der Waals surface area contributed by atoms with Crippen molar-refractivity contribution in [3.05, 3.63) is 49.1 Å². The number of aromatic nitrogens is 1. The van der Waals surface area contributed by atoms with Gasteiger partial charge >= 0.3 is 0 Å². The van der Waals surface area contributed by atoms with Gasteiger partial charge in [-0.2, -0.15) is 0 Å². The van der Waals surface area contributed by atoms with E-state index in [9.17, 15) is 14.9 Å². The number of amides is 1. The van der Waals surface area contributed by atoms with E-state index in [2.05, 4.69) is 10.3 Å². The predicted molar refractivity (Wildman–Crippen MR) is 83.6 cm³/mol.